The normalized spacial score (nSPS) is 28.8. The first-order valence-electron chi connectivity index (χ1n) is 5.25. The fourth-order valence-corrected chi connectivity index (χ4v) is 2.12. The highest BCUT2D eigenvalue weighted by atomic mass is 16.3. The minimum atomic E-state index is -0.000370. The van der Waals surface area contributed by atoms with Gasteiger partial charge in [0, 0.05) is 0 Å². The van der Waals surface area contributed by atoms with Crippen molar-refractivity contribution in [3.05, 3.63) is 0 Å². The standard InChI is InChI=1S/C10H19NO/c12-10(7-8-1-2-8)9-3-5-11-6-4-9/h8-12H,1-7H2. The van der Waals surface area contributed by atoms with Gasteiger partial charge >= 0.3 is 0 Å². The van der Waals surface area contributed by atoms with Crippen LogP contribution in [0, 0.1) is 11.8 Å². The predicted octanol–water partition coefficient (Wildman–Crippen LogP) is 1.15. The molecule has 12 heavy (non-hydrogen) atoms. The lowest BCUT2D eigenvalue weighted by Crippen LogP contribution is -2.34. The van der Waals surface area contributed by atoms with Crippen LogP contribution in [0.3, 0.4) is 0 Å². The van der Waals surface area contributed by atoms with Gasteiger partial charge in [-0.05, 0) is 44.2 Å². The summed E-state index contributed by atoms with van der Waals surface area (Å²) in [5, 5.41) is 13.2. The predicted molar refractivity (Wildman–Crippen MR) is 48.9 cm³/mol. The summed E-state index contributed by atoms with van der Waals surface area (Å²) in [4.78, 5) is 0. The minimum Gasteiger partial charge on any atom is -0.393 e. The summed E-state index contributed by atoms with van der Waals surface area (Å²) in [5.41, 5.74) is 0. The first kappa shape index (κ1) is 8.52. The number of piperidine rings is 1. The third kappa shape index (κ3) is 2.20. The maximum absolute atomic E-state index is 9.86. The van der Waals surface area contributed by atoms with Gasteiger partial charge in [0.25, 0.3) is 0 Å². The molecule has 0 radical (unpaired) electrons. The summed E-state index contributed by atoms with van der Waals surface area (Å²) in [6, 6.07) is 0. The average Bonchev–Trinajstić information content (AvgIpc) is 2.90. The third-order valence-electron chi connectivity index (χ3n) is 3.20. The highest BCUT2D eigenvalue weighted by molar-refractivity contribution is 4.82. The molecule has 1 unspecified atom stereocenters. The molecule has 2 nitrogen and oxygen atoms in total. The quantitative estimate of drug-likeness (QED) is 0.664. The molecule has 1 atom stereocenters. The molecule has 0 bridgehead atoms. The summed E-state index contributed by atoms with van der Waals surface area (Å²) < 4.78 is 0. The molecule has 2 N–H and O–H groups in total. The zero-order valence-electron chi connectivity index (χ0n) is 7.63. The summed E-state index contributed by atoms with van der Waals surface area (Å²) >= 11 is 0. The molecule has 1 aliphatic heterocycles. The van der Waals surface area contributed by atoms with E-state index >= 15 is 0 Å². The van der Waals surface area contributed by atoms with Crippen LogP contribution >= 0.6 is 0 Å². The van der Waals surface area contributed by atoms with Crippen LogP contribution in [-0.4, -0.2) is 24.3 Å². The zero-order chi connectivity index (χ0) is 8.39. The highest BCUT2D eigenvalue weighted by Gasteiger charge is 2.29. The van der Waals surface area contributed by atoms with Crippen LogP contribution in [0.4, 0.5) is 0 Å². The smallest absolute Gasteiger partial charge is 0.0572 e. The number of hydrogen-bond acceptors (Lipinski definition) is 2. The molecular weight excluding hydrogens is 150 g/mol. The second kappa shape index (κ2) is 3.75. The Bertz CT molecular complexity index is 139. The molecule has 1 aliphatic carbocycles. The van der Waals surface area contributed by atoms with Crippen molar-refractivity contribution < 1.29 is 5.11 Å². The molecule has 0 amide bonds. The topological polar surface area (TPSA) is 32.3 Å². The Morgan fingerprint density at radius 2 is 1.83 bits per heavy atom. The van der Waals surface area contributed by atoms with Crippen molar-refractivity contribution in [1.29, 1.82) is 0 Å². The van der Waals surface area contributed by atoms with E-state index in [1.54, 1.807) is 0 Å². The summed E-state index contributed by atoms with van der Waals surface area (Å²) in [6.45, 7) is 2.21. The Balaban J connectivity index is 1.72. The lowest BCUT2D eigenvalue weighted by Gasteiger charge is -2.27. The van der Waals surface area contributed by atoms with E-state index in [9.17, 15) is 5.11 Å². The summed E-state index contributed by atoms with van der Waals surface area (Å²) in [6.07, 6.45) is 6.15. The second-order valence-corrected chi connectivity index (χ2v) is 4.33. The fourth-order valence-electron chi connectivity index (χ4n) is 2.12. The van der Waals surface area contributed by atoms with Crippen molar-refractivity contribution in [3.63, 3.8) is 0 Å². The van der Waals surface area contributed by atoms with Crippen LogP contribution in [0.15, 0.2) is 0 Å². The van der Waals surface area contributed by atoms with Gasteiger partial charge in [0.05, 0.1) is 6.10 Å². The van der Waals surface area contributed by atoms with Crippen molar-refractivity contribution in [2.45, 2.75) is 38.2 Å². The van der Waals surface area contributed by atoms with E-state index < -0.39 is 0 Å². The van der Waals surface area contributed by atoms with E-state index in [1.807, 2.05) is 0 Å². The van der Waals surface area contributed by atoms with Crippen molar-refractivity contribution in [1.82, 2.24) is 5.32 Å². The molecule has 2 aliphatic rings. The van der Waals surface area contributed by atoms with Gasteiger partial charge in [-0.15, -0.1) is 0 Å². The Morgan fingerprint density at radius 1 is 1.17 bits per heavy atom. The van der Waals surface area contributed by atoms with Gasteiger partial charge in [0.1, 0.15) is 0 Å². The molecule has 2 rings (SSSR count). The number of aliphatic hydroxyl groups excluding tert-OH is 1. The van der Waals surface area contributed by atoms with Crippen LogP contribution < -0.4 is 5.32 Å². The zero-order valence-corrected chi connectivity index (χ0v) is 7.63. The van der Waals surface area contributed by atoms with Crippen molar-refractivity contribution >= 4 is 0 Å². The van der Waals surface area contributed by atoms with Crippen molar-refractivity contribution in [2.75, 3.05) is 13.1 Å². The highest BCUT2D eigenvalue weighted by Crippen LogP contribution is 2.36. The lowest BCUT2D eigenvalue weighted by atomic mass is 9.89. The van der Waals surface area contributed by atoms with E-state index in [0.29, 0.717) is 5.92 Å². The minimum absolute atomic E-state index is 0.000370. The van der Waals surface area contributed by atoms with Gasteiger partial charge in [0.2, 0.25) is 0 Å². The second-order valence-electron chi connectivity index (χ2n) is 4.33. The molecular formula is C10H19NO. The van der Waals surface area contributed by atoms with Gasteiger partial charge in [-0.3, -0.25) is 0 Å². The van der Waals surface area contributed by atoms with Gasteiger partial charge in [0.15, 0.2) is 0 Å². The molecule has 0 aromatic carbocycles. The number of aliphatic hydroxyl groups is 1. The van der Waals surface area contributed by atoms with E-state index in [1.165, 1.54) is 25.7 Å². The molecule has 0 spiro atoms. The van der Waals surface area contributed by atoms with Gasteiger partial charge in [-0.25, -0.2) is 0 Å². The Kier molecular flexibility index (Phi) is 2.66. The fraction of sp³-hybridized carbons (Fsp3) is 1.00. The van der Waals surface area contributed by atoms with Gasteiger partial charge in [-0.2, -0.15) is 0 Å². The lowest BCUT2D eigenvalue weighted by molar-refractivity contribution is 0.0761. The molecule has 70 valence electrons. The van der Waals surface area contributed by atoms with Gasteiger partial charge < -0.3 is 10.4 Å². The van der Waals surface area contributed by atoms with Crippen LogP contribution in [0.1, 0.15) is 32.1 Å². The van der Waals surface area contributed by atoms with E-state index in [2.05, 4.69) is 5.32 Å². The van der Waals surface area contributed by atoms with Crippen molar-refractivity contribution in [3.8, 4) is 0 Å². The Morgan fingerprint density at radius 3 is 2.42 bits per heavy atom. The van der Waals surface area contributed by atoms with Crippen LogP contribution in [-0.2, 0) is 0 Å². The maximum atomic E-state index is 9.86. The Hall–Kier alpha value is -0.0800. The first-order valence-corrected chi connectivity index (χ1v) is 5.25. The molecule has 1 saturated heterocycles. The summed E-state index contributed by atoms with van der Waals surface area (Å²) in [5.74, 6) is 1.46. The molecule has 2 fully saturated rings. The van der Waals surface area contributed by atoms with E-state index in [-0.39, 0.29) is 6.10 Å². The van der Waals surface area contributed by atoms with Crippen LogP contribution in [0.25, 0.3) is 0 Å². The summed E-state index contributed by atoms with van der Waals surface area (Å²) in [7, 11) is 0. The molecule has 1 heterocycles. The van der Waals surface area contributed by atoms with Crippen LogP contribution in [0.2, 0.25) is 0 Å². The molecule has 1 saturated carbocycles. The number of nitrogens with one attached hydrogen (secondary N) is 1. The SMILES string of the molecule is OC(CC1CC1)C1CCNCC1. The van der Waals surface area contributed by atoms with Crippen molar-refractivity contribution in [2.24, 2.45) is 11.8 Å². The van der Waals surface area contributed by atoms with E-state index in [0.717, 1.165) is 25.4 Å². The van der Waals surface area contributed by atoms with E-state index in [4.69, 9.17) is 0 Å². The Labute approximate surface area is 74.4 Å². The number of hydrogen-bond donors (Lipinski definition) is 2. The van der Waals surface area contributed by atoms with Crippen LogP contribution in [0.5, 0.6) is 0 Å². The maximum Gasteiger partial charge on any atom is 0.0572 e. The largest absolute Gasteiger partial charge is 0.393 e. The molecule has 0 aromatic heterocycles. The van der Waals surface area contributed by atoms with Gasteiger partial charge in [-0.1, -0.05) is 12.8 Å². The molecule has 2 heteroatoms. The number of rotatable bonds is 3. The monoisotopic (exact) mass is 169 g/mol. The third-order valence-corrected chi connectivity index (χ3v) is 3.20. The first-order chi connectivity index (χ1) is 5.86. The molecule has 0 aromatic rings. The average molecular weight is 169 g/mol.